The summed E-state index contributed by atoms with van der Waals surface area (Å²) in [6.07, 6.45) is 54.3. The number of hydrogen-bond acceptors (Lipinski definition) is 2. The van der Waals surface area contributed by atoms with Gasteiger partial charge in [-0.25, -0.2) is 0 Å². The van der Waals surface area contributed by atoms with Crippen molar-refractivity contribution in [2.45, 2.75) is 231 Å². The van der Waals surface area contributed by atoms with Gasteiger partial charge in [0.15, 0.2) is 5.79 Å². The number of unbranched alkanes of at least 4 members (excludes halogenated alkanes) is 21. The summed E-state index contributed by atoms with van der Waals surface area (Å²) in [5, 5.41) is 0. The molecular weight excluding hydrogens is 548 g/mol. The predicted molar refractivity (Wildman–Crippen MR) is 199 cm³/mol. The third-order valence-corrected chi connectivity index (χ3v) is 10.2. The Morgan fingerprint density at radius 2 is 0.778 bits per heavy atom. The van der Waals surface area contributed by atoms with Gasteiger partial charge in [-0.2, -0.15) is 0 Å². The molecule has 0 amide bonds. The molecule has 1 saturated heterocycles. The highest BCUT2D eigenvalue weighted by Gasteiger charge is 2.50. The molecule has 262 valence electrons. The second-order valence-electron chi connectivity index (χ2n) is 14.8. The van der Waals surface area contributed by atoms with Crippen LogP contribution >= 0.6 is 0 Å². The van der Waals surface area contributed by atoms with E-state index < -0.39 is 0 Å². The van der Waals surface area contributed by atoms with Gasteiger partial charge in [-0.05, 0) is 89.4 Å². The average molecular weight is 627 g/mol. The van der Waals surface area contributed by atoms with E-state index in [0.717, 1.165) is 25.2 Å². The highest BCUT2D eigenvalue weighted by atomic mass is 16.8. The minimum atomic E-state index is -0.272. The molecule has 2 heteroatoms. The maximum Gasteiger partial charge on any atom is 0.169 e. The quantitative estimate of drug-likeness (QED) is 0.0563. The molecule has 1 saturated carbocycles. The van der Waals surface area contributed by atoms with Crippen molar-refractivity contribution in [2.24, 2.45) is 5.92 Å². The summed E-state index contributed by atoms with van der Waals surface area (Å²) in [6, 6.07) is 0. The Hall–Kier alpha value is -0.860. The van der Waals surface area contributed by atoms with Crippen molar-refractivity contribution in [1.82, 2.24) is 0 Å². The zero-order chi connectivity index (χ0) is 32.1. The molecular formula is C43H78O2. The average Bonchev–Trinajstić information content (AvgIpc) is 3.54. The first kappa shape index (κ1) is 40.3. The van der Waals surface area contributed by atoms with E-state index in [-0.39, 0.29) is 5.79 Å². The van der Waals surface area contributed by atoms with Gasteiger partial charge < -0.3 is 9.47 Å². The first-order valence-electron chi connectivity index (χ1n) is 20.5. The molecule has 0 radical (unpaired) electrons. The molecule has 1 aliphatic carbocycles. The predicted octanol–water partition coefficient (Wildman–Crippen LogP) is 14.5. The van der Waals surface area contributed by atoms with E-state index in [1.807, 2.05) is 0 Å². The van der Waals surface area contributed by atoms with Crippen molar-refractivity contribution in [3.8, 4) is 0 Å². The van der Waals surface area contributed by atoms with Crippen molar-refractivity contribution in [3.05, 3.63) is 36.5 Å². The number of rotatable bonds is 31. The van der Waals surface area contributed by atoms with Gasteiger partial charge >= 0.3 is 0 Å². The zero-order valence-electron chi connectivity index (χ0n) is 30.7. The fraction of sp³-hybridized carbons (Fsp3) is 0.860. The van der Waals surface area contributed by atoms with E-state index in [1.165, 1.54) is 173 Å². The molecule has 0 N–H and O–H groups in total. The fourth-order valence-corrected chi connectivity index (χ4v) is 7.41. The summed E-state index contributed by atoms with van der Waals surface area (Å²) in [7, 11) is 0. The first-order valence-corrected chi connectivity index (χ1v) is 20.5. The van der Waals surface area contributed by atoms with Crippen molar-refractivity contribution in [1.29, 1.82) is 0 Å². The second kappa shape index (κ2) is 28.2. The van der Waals surface area contributed by atoms with E-state index in [0.29, 0.717) is 12.2 Å². The summed E-state index contributed by atoms with van der Waals surface area (Å²) in [6.45, 7) is 6.93. The molecule has 2 unspecified atom stereocenters. The van der Waals surface area contributed by atoms with Gasteiger partial charge in [0.05, 0.1) is 12.2 Å². The largest absolute Gasteiger partial charge is 0.344 e. The van der Waals surface area contributed by atoms with Gasteiger partial charge in [-0.15, -0.1) is 0 Å². The van der Waals surface area contributed by atoms with Gasteiger partial charge in [0.2, 0.25) is 0 Å². The Morgan fingerprint density at radius 1 is 0.444 bits per heavy atom. The molecule has 2 fully saturated rings. The fourth-order valence-electron chi connectivity index (χ4n) is 7.41. The minimum absolute atomic E-state index is 0.272. The number of fused-ring (bicyclic) bond motifs is 1. The van der Waals surface area contributed by atoms with E-state index in [4.69, 9.17) is 9.47 Å². The van der Waals surface area contributed by atoms with Gasteiger partial charge in [-0.1, -0.05) is 154 Å². The van der Waals surface area contributed by atoms with Gasteiger partial charge in [0.25, 0.3) is 0 Å². The van der Waals surface area contributed by atoms with Crippen LogP contribution in [0.2, 0.25) is 0 Å². The second-order valence-corrected chi connectivity index (χ2v) is 14.8. The molecule has 4 atom stereocenters. The maximum absolute atomic E-state index is 6.75. The standard InChI is InChI=1S/C43H78O2/c1-4-6-8-10-12-14-16-18-20-22-24-26-28-30-32-34-36-43(44-41-38-40(3)39-42(41)45-43)37-35-33-31-29-27-25-23-21-19-17-15-13-11-9-7-5-2/h12,14,18-21,40-42H,4-11,13,15-17,22-39H2,1-3H3/b14-12-,20-18-,21-19-/t40?,41-,42+,43?. The van der Waals surface area contributed by atoms with Crippen LogP contribution in [0.3, 0.4) is 0 Å². The molecule has 0 bridgehead atoms. The molecule has 1 aliphatic heterocycles. The highest BCUT2D eigenvalue weighted by Crippen LogP contribution is 2.45. The summed E-state index contributed by atoms with van der Waals surface area (Å²) >= 11 is 0. The molecule has 2 nitrogen and oxygen atoms in total. The van der Waals surface area contributed by atoms with Gasteiger partial charge in [0.1, 0.15) is 0 Å². The minimum Gasteiger partial charge on any atom is -0.344 e. The Balaban J connectivity index is 1.48. The van der Waals surface area contributed by atoms with E-state index in [2.05, 4.69) is 57.2 Å². The topological polar surface area (TPSA) is 18.5 Å². The van der Waals surface area contributed by atoms with Crippen LogP contribution in [0.15, 0.2) is 36.5 Å². The van der Waals surface area contributed by atoms with Crippen LogP contribution in [0.1, 0.15) is 213 Å². The third kappa shape index (κ3) is 20.9. The van der Waals surface area contributed by atoms with Crippen LogP contribution in [-0.4, -0.2) is 18.0 Å². The number of ether oxygens (including phenoxy) is 2. The van der Waals surface area contributed by atoms with Crippen LogP contribution in [0.25, 0.3) is 0 Å². The lowest BCUT2D eigenvalue weighted by Crippen LogP contribution is -2.32. The maximum atomic E-state index is 6.75. The molecule has 2 aliphatic rings. The Labute approximate surface area is 282 Å². The van der Waals surface area contributed by atoms with Gasteiger partial charge in [0, 0.05) is 12.8 Å². The van der Waals surface area contributed by atoms with Crippen molar-refractivity contribution < 1.29 is 9.47 Å². The van der Waals surface area contributed by atoms with E-state index >= 15 is 0 Å². The summed E-state index contributed by atoms with van der Waals surface area (Å²) < 4.78 is 13.5. The smallest absolute Gasteiger partial charge is 0.169 e. The lowest BCUT2D eigenvalue weighted by molar-refractivity contribution is -0.192. The normalized spacial score (nSPS) is 23.4. The summed E-state index contributed by atoms with van der Waals surface area (Å²) in [5.74, 6) is 0.483. The molecule has 45 heavy (non-hydrogen) atoms. The monoisotopic (exact) mass is 627 g/mol. The summed E-state index contributed by atoms with van der Waals surface area (Å²) in [5.41, 5.74) is 0. The Morgan fingerprint density at radius 3 is 1.22 bits per heavy atom. The molecule has 2 rings (SSSR count). The first-order chi connectivity index (χ1) is 22.2. The van der Waals surface area contributed by atoms with Crippen molar-refractivity contribution >= 4 is 0 Å². The SMILES string of the molecule is CCCCC/C=C\C/C=C\CCCCCCCCC1(CCCCCCCC/C=C\CCCCCCCC)O[C@H]2CC(C)C[C@H]2O1. The zero-order valence-corrected chi connectivity index (χ0v) is 30.7. The number of allylic oxidation sites excluding steroid dienone is 6. The van der Waals surface area contributed by atoms with Crippen LogP contribution < -0.4 is 0 Å². The van der Waals surface area contributed by atoms with Crippen LogP contribution in [0, 0.1) is 5.92 Å². The third-order valence-electron chi connectivity index (χ3n) is 10.2. The van der Waals surface area contributed by atoms with E-state index in [1.54, 1.807) is 0 Å². The molecule has 0 aromatic rings. The van der Waals surface area contributed by atoms with Gasteiger partial charge in [-0.3, -0.25) is 0 Å². The van der Waals surface area contributed by atoms with E-state index in [9.17, 15) is 0 Å². The van der Waals surface area contributed by atoms with Crippen LogP contribution in [0.5, 0.6) is 0 Å². The van der Waals surface area contributed by atoms with Crippen LogP contribution in [-0.2, 0) is 9.47 Å². The lowest BCUT2D eigenvalue weighted by atomic mass is 9.98. The van der Waals surface area contributed by atoms with Crippen LogP contribution in [0.4, 0.5) is 0 Å². The molecule has 0 aromatic heterocycles. The Bertz CT molecular complexity index is 722. The Kier molecular flexibility index (Phi) is 25.2. The highest BCUT2D eigenvalue weighted by molar-refractivity contribution is 4.94. The summed E-state index contributed by atoms with van der Waals surface area (Å²) in [4.78, 5) is 0. The van der Waals surface area contributed by atoms with Crippen molar-refractivity contribution in [3.63, 3.8) is 0 Å². The number of hydrogen-bond donors (Lipinski definition) is 0. The lowest BCUT2D eigenvalue weighted by Gasteiger charge is -2.30. The molecule has 0 spiro atoms. The molecule has 1 heterocycles. The van der Waals surface area contributed by atoms with Crippen molar-refractivity contribution in [2.75, 3.05) is 0 Å². The molecule has 0 aromatic carbocycles.